The zero-order valence-corrected chi connectivity index (χ0v) is 12.9. The molecule has 0 saturated heterocycles. The summed E-state index contributed by atoms with van der Waals surface area (Å²) < 4.78 is 0. The quantitative estimate of drug-likeness (QED) is 0.772. The third kappa shape index (κ3) is 4.25. The van der Waals surface area contributed by atoms with E-state index >= 15 is 0 Å². The van der Waals surface area contributed by atoms with Crippen molar-refractivity contribution in [1.29, 1.82) is 0 Å². The molecule has 0 radical (unpaired) electrons. The van der Waals surface area contributed by atoms with Crippen molar-refractivity contribution in [3.63, 3.8) is 0 Å². The molecule has 1 rings (SSSR count). The standard InChI is InChI=1S/C16H28N2/c1-11-8-13(17)14(9-12(11)2)18-16(6,7)10-15(3,4)5/h8-9,18H,10,17H2,1-7H3. The molecule has 2 nitrogen and oxygen atoms in total. The van der Waals surface area contributed by atoms with Gasteiger partial charge >= 0.3 is 0 Å². The molecule has 18 heavy (non-hydrogen) atoms. The largest absolute Gasteiger partial charge is 0.397 e. The molecule has 0 unspecified atom stereocenters. The van der Waals surface area contributed by atoms with Crippen molar-refractivity contribution in [3.8, 4) is 0 Å². The van der Waals surface area contributed by atoms with E-state index in [-0.39, 0.29) is 5.54 Å². The average molecular weight is 248 g/mol. The highest BCUT2D eigenvalue weighted by Gasteiger charge is 2.25. The Morgan fingerprint density at radius 2 is 1.50 bits per heavy atom. The fourth-order valence-corrected chi connectivity index (χ4v) is 2.68. The van der Waals surface area contributed by atoms with Gasteiger partial charge in [-0.25, -0.2) is 0 Å². The van der Waals surface area contributed by atoms with Gasteiger partial charge in [0, 0.05) is 5.54 Å². The molecule has 0 fully saturated rings. The van der Waals surface area contributed by atoms with Crippen molar-refractivity contribution in [1.82, 2.24) is 0 Å². The van der Waals surface area contributed by atoms with Gasteiger partial charge in [-0.15, -0.1) is 0 Å². The number of benzene rings is 1. The molecule has 0 bridgehead atoms. The van der Waals surface area contributed by atoms with Crippen LogP contribution in [0.25, 0.3) is 0 Å². The van der Waals surface area contributed by atoms with Gasteiger partial charge in [0.15, 0.2) is 0 Å². The lowest BCUT2D eigenvalue weighted by molar-refractivity contribution is 0.302. The minimum absolute atomic E-state index is 0.0358. The maximum atomic E-state index is 6.10. The Labute approximate surface area is 112 Å². The van der Waals surface area contributed by atoms with Crippen molar-refractivity contribution in [3.05, 3.63) is 23.3 Å². The van der Waals surface area contributed by atoms with Gasteiger partial charge in [0.2, 0.25) is 0 Å². The molecule has 102 valence electrons. The molecular weight excluding hydrogens is 220 g/mol. The van der Waals surface area contributed by atoms with E-state index in [9.17, 15) is 0 Å². The van der Waals surface area contributed by atoms with Crippen LogP contribution in [0, 0.1) is 19.3 Å². The van der Waals surface area contributed by atoms with Crippen molar-refractivity contribution in [2.45, 2.75) is 60.4 Å². The highest BCUT2D eigenvalue weighted by Crippen LogP contribution is 2.32. The molecule has 1 aromatic rings. The predicted octanol–water partition coefficient (Wildman–Crippen LogP) is 4.51. The molecular formula is C16H28N2. The number of nitrogen functional groups attached to an aromatic ring is 1. The molecule has 0 heterocycles. The third-order valence-corrected chi connectivity index (χ3v) is 3.11. The number of hydrogen-bond donors (Lipinski definition) is 2. The van der Waals surface area contributed by atoms with Crippen molar-refractivity contribution in [2.24, 2.45) is 5.41 Å². The summed E-state index contributed by atoms with van der Waals surface area (Å²) in [6.45, 7) is 15.5. The first kappa shape index (κ1) is 14.9. The SMILES string of the molecule is Cc1cc(N)c(NC(C)(C)CC(C)(C)C)cc1C. The van der Waals surface area contributed by atoms with Crippen LogP contribution in [0.5, 0.6) is 0 Å². The summed E-state index contributed by atoms with van der Waals surface area (Å²) in [7, 11) is 0. The van der Waals surface area contributed by atoms with Crippen LogP contribution < -0.4 is 11.1 Å². The van der Waals surface area contributed by atoms with Gasteiger partial charge < -0.3 is 11.1 Å². The Bertz CT molecular complexity index is 425. The van der Waals surface area contributed by atoms with Crippen LogP contribution in [0.15, 0.2) is 12.1 Å². The summed E-state index contributed by atoms with van der Waals surface area (Å²) in [5.41, 5.74) is 10.8. The zero-order chi connectivity index (χ0) is 14.1. The lowest BCUT2D eigenvalue weighted by Crippen LogP contribution is -2.35. The Balaban J connectivity index is 2.94. The molecule has 0 aliphatic rings. The molecule has 0 spiro atoms. The summed E-state index contributed by atoms with van der Waals surface area (Å²) in [5, 5.41) is 3.59. The molecule has 0 aliphatic heterocycles. The van der Waals surface area contributed by atoms with Crippen LogP contribution >= 0.6 is 0 Å². The number of nitrogens with two attached hydrogens (primary N) is 1. The second kappa shape index (κ2) is 4.83. The second-order valence-electron chi connectivity index (χ2n) is 7.27. The van der Waals surface area contributed by atoms with Gasteiger partial charge in [-0.3, -0.25) is 0 Å². The Kier molecular flexibility index (Phi) is 3.99. The first-order valence-corrected chi connectivity index (χ1v) is 6.65. The average Bonchev–Trinajstić information content (AvgIpc) is 2.09. The van der Waals surface area contributed by atoms with Gasteiger partial charge in [0.05, 0.1) is 11.4 Å². The molecule has 3 N–H and O–H groups in total. The van der Waals surface area contributed by atoms with Crippen LogP contribution in [0.1, 0.15) is 52.2 Å². The van der Waals surface area contributed by atoms with Crippen molar-refractivity contribution < 1.29 is 0 Å². The minimum atomic E-state index is 0.0358. The highest BCUT2D eigenvalue weighted by atomic mass is 15.0. The first-order chi connectivity index (χ1) is 8.00. The predicted molar refractivity (Wildman–Crippen MR) is 82.1 cm³/mol. The third-order valence-electron chi connectivity index (χ3n) is 3.11. The zero-order valence-electron chi connectivity index (χ0n) is 12.9. The van der Waals surface area contributed by atoms with Gasteiger partial charge in [-0.1, -0.05) is 20.8 Å². The van der Waals surface area contributed by atoms with Crippen molar-refractivity contribution in [2.75, 3.05) is 11.1 Å². The normalized spacial score (nSPS) is 12.6. The lowest BCUT2D eigenvalue weighted by Gasteiger charge is -2.34. The van der Waals surface area contributed by atoms with Gasteiger partial charge in [-0.2, -0.15) is 0 Å². The topological polar surface area (TPSA) is 38.0 Å². The summed E-state index contributed by atoms with van der Waals surface area (Å²) in [6, 6.07) is 4.19. The Morgan fingerprint density at radius 1 is 1.00 bits per heavy atom. The van der Waals surface area contributed by atoms with Crippen LogP contribution in [-0.2, 0) is 0 Å². The van der Waals surface area contributed by atoms with Gasteiger partial charge in [0.1, 0.15) is 0 Å². The fourth-order valence-electron chi connectivity index (χ4n) is 2.68. The van der Waals surface area contributed by atoms with E-state index in [1.54, 1.807) is 0 Å². The fraction of sp³-hybridized carbons (Fsp3) is 0.625. The van der Waals surface area contributed by atoms with E-state index in [0.717, 1.165) is 17.8 Å². The highest BCUT2D eigenvalue weighted by molar-refractivity contribution is 5.69. The number of aryl methyl sites for hydroxylation is 2. The molecule has 0 amide bonds. The van der Waals surface area contributed by atoms with Crippen LogP contribution in [0.3, 0.4) is 0 Å². The molecule has 1 aromatic carbocycles. The second-order valence-corrected chi connectivity index (χ2v) is 7.27. The van der Waals surface area contributed by atoms with E-state index in [1.807, 2.05) is 6.07 Å². The Hall–Kier alpha value is -1.18. The van der Waals surface area contributed by atoms with E-state index < -0.39 is 0 Å². The number of anilines is 2. The van der Waals surface area contributed by atoms with Crippen LogP contribution in [0.2, 0.25) is 0 Å². The van der Waals surface area contributed by atoms with E-state index in [4.69, 9.17) is 5.73 Å². The minimum Gasteiger partial charge on any atom is -0.397 e. The number of nitrogens with one attached hydrogen (secondary N) is 1. The first-order valence-electron chi connectivity index (χ1n) is 6.65. The molecule has 0 atom stereocenters. The monoisotopic (exact) mass is 248 g/mol. The lowest BCUT2D eigenvalue weighted by atomic mass is 9.81. The maximum Gasteiger partial charge on any atom is 0.0580 e. The molecule has 0 saturated carbocycles. The Morgan fingerprint density at radius 3 is 2.00 bits per heavy atom. The smallest absolute Gasteiger partial charge is 0.0580 e. The molecule has 2 heteroatoms. The van der Waals surface area contributed by atoms with Crippen molar-refractivity contribution >= 4 is 11.4 Å². The summed E-state index contributed by atoms with van der Waals surface area (Å²) in [4.78, 5) is 0. The van der Waals surface area contributed by atoms with Gasteiger partial charge in [0.25, 0.3) is 0 Å². The number of hydrogen-bond acceptors (Lipinski definition) is 2. The summed E-state index contributed by atoms with van der Waals surface area (Å²) >= 11 is 0. The molecule has 0 aromatic heterocycles. The van der Waals surface area contributed by atoms with E-state index in [2.05, 4.69) is 59.8 Å². The number of rotatable bonds is 3. The van der Waals surface area contributed by atoms with E-state index in [0.29, 0.717) is 5.41 Å². The van der Waals surface area contributed by atoms with Gasteiger partial charge in [-0.05, 0) is 62.8 Å². The summed E-state index contributed by atoms with van der Waals surface area (Å²) in [6.07, 6.45) is 1.09. The van der Waals surface area contributed by atoms with Crippen LogP contribution in [-0.4, -0.2) is 5.54 Å². The summed E-state index contributed by atoms with van der Waals surface area (Å²) in [5.74, 6) is 0. The van der Waals surface area contributed by atoms with Crippen LogP contribution in [0.4, 0.5) is 11.4 Å². The molecule has 0 aliphatic carbocycles. The maximum absolute atomic E-state index is 6.10. The van der Waals surface area contributed by atoms with E-state index in [1.165, 1.54) is 11.1 Å².